The number of aromatic amines is 1. The summed E-state index contributed by atoms with van der Waals surface area (Å²) in [4.78, 5) is 29.5. The number of carbonyl (C=O) groups is 1. The molecule has 1 fully saturated rings. The highest BCUT2D eigenvalue weighted by Gasteiger charge is 2.17. The van der Waals surface area contributed by atoms with Crippen LogP contribution in [-0.4, -0.2) is 33.4 Å². The van der Waals surface area contributed by atoms with Gasteiger partial charge in [-0.05, 0) is 42.9 Å². The van der Waals surface area contributed by atoms with Gasteiger partial charge in [0.15, 0.2) is 4.77 Å². The number of nitrogens with zero attached hydrogens (tertiary/aromatic N) is 2. The lowest BCUT2D eigenvalue weighted by Gasteiger charge is -2.26. The Balaban J connectivity index is 1.77. The second-order valence-corrected chi connectivity index (χ2v) is 6.54. The molecule has 5 nitrogen and oxygen atoms in total. The zero-order chi connectivity index (χ0) is 14.8. The maximum Gasteiger partial charge on any atom is 0.272 e. The van der Waals surface area contributed by atoms with E-state index in [0.717, 1.165) is 31.4 Å². The number of aromatic nitrogens is 2. The molecule has 0 aromatic carbocycles. The van der Waals surface area contributed by atoms with Gasteiger partial charge in [-0.3, -0.25) is 14.2 Å². The van der Waals surface area contributed by atoms with Crippen molar-refractivity contribution in [3.8, 4) is 0 Å². The van der Waals surface area contributed by atoms with E-state index in [2.05, 4.69) is 4.98 Å². The number of likely N-dealkylation sites (tertiary alicyclic amines) is 1. The molecule has 0 aliphatic carbocycles. The quantitative estimate of drug-likeness (QED) is 0.883. The fourth-order valence-corrected chi connectivity index (χ4v) is 3.76. The predicted octanol–water partition coefficient (Wildman–Crippen LogP) is 2.52. The van der Waals surface area contributed by atoms with Crippen LogP contribution in [0.3, 0.4) is 0 Å². The van der Waals surface area contributed by atoms with Crippen molar-refractivity contribution in [1.82, 2.24) is 14.5 Å². The van der Waals surface area contributed by atoms with Crippen LogP contribution in [0.5, 0.6) is 0 Å². The minimum Gasteiger partial charge on any atom is -0.343 e. The van der Waals surface area contributed by atoms with E-state index < -0.39 is 0 Å². The highest BCUT2D eigenvalue weighted by atomic mass is 32.1. The lowest BCUT2D eigenvalue weighted by atomic mass is 10.1. The van der Waals surface area contributed by atoms with Gasteiger partial charge >= 0.3 is 0 Å². The lowest BCUT2D eigenvalue weighted by Crippen LogP contribution is -2.36. The molecule has 2 aromatic rings. The second-order valence-electron chi connectivity index (χ2n) is 5.24. The molecule has 0 unspecified atom stereocenters. The summed E-state index contributed by atoms with van der Waals surface area (Å²) in [5.41, 5.74) is 0.670. The second kappa shape index (κ2) is 6.11. The Labute approximate surface area is 131 Å². The van der Waals surface area contributed by atoms with E-state index in [9.17, 15) is 9.59 Å². The molecule has 1 aliphatic rings. The SMILES string of the molecule is O=C(CCn1c(=S)[nH]c2ccsc2c1=O)N1CCCCC1. The van der Waals surface area contributed by atoms with Gasteiger partial charge in [-0.1, -0.05) is 0 Å². The van der Waals surface area contributed by atoms with Crippen LogP contribution in [0.4, 0.5) is 0 Å². The van der Waals surface area contributed by atoms with E-state index >= 15 is 0 Å². The molecule has 0 bridgehead atoms. The van der Waals surface area contributed by atoms with Gasteiger partial charge < -0.3 is 9.88 Å². The molecule has 21 heavy (non-hydrogen) atoms. The molecule has 1 saturated heterocycles. The van der Waals surface area contributed by atoms with Gasteiger partial charge in [0, 0.05) is 26.1 Å². The first-order valence-electron chi connectivity index (χ1n) is 7.15. The topological polar surface area (TPSA) is 58.1 Å². The average molecular weight is 323 g/mol. The number of H-pyrrole nitrogens is 1. The van der Waals surface area contributed by atoms with E-state index in [1.54, 1.807) is 0 Å². The van der Waals surface area contributed by atoms with Crippen LogP contribution in [0.2, 0.25) is 0 Å². The first kappa shape index (κ1) is 14.5. The van der Waals surface area contributed by atoms with Gasteiger partial charge in [-0.2, -0.15) is 0 Å². The van der Waals surface area contributed by atoms with E-state index in [1.807, 2.05) is 16.3 Å². The summed E-state index contributed by atoms with van der Waals surface area (Å²) >= 11 is 6.62. The molecule has 1 aliphatic heterocycles. The number of amides is 1. The molecule has 0 radical (unpaired) electrons. The Kier molecular flexibility index (Phi) is 4.21. The highest BCUT2D eigenvalue weighted by molar-refractivity contribution is 7.71. The van der Waals surface area contributed by atoms with Crippen LogP contribution in [0.1, 0.15) is 25.7 Å². The molecule has 2 aromatic heterocycles. The van der Waals surface area contributed by atoms with E-state index in [1.165, 1.54) is 22.3 Å². The number of carbonyl (C=O) groups excluding carboxylic acids is 1. The number of thiophene rings is 1. The van der Waals surface area contributed by atoms with Crippen LogP contribution in [-0.2, 0) is 11.3 Å². The summed E-state index contributed by atoms with van der Waals surface area (Å²) in [6, 6.07) is 1.85. The standard InChI is InChI=1S/C14H17N3O2S2/c18-11(16-6-2-1-3-7-16)4-8-17-13(19)12-10(5-9-21-12)15-14(17)20/h5,9H,1-4,6-8H2,(H,15,20). The summed E-state index contributed by atoms with van der Waals surface area (Å²) in [7, 11) is 0. The zero-order valence-corrected chi connectivity index (χ0v) is 13.3. The Morgan fingerprint density at radius 2 is 2.10 bits per heavy atom. The maximum atomic E-state index is 12.4. The van der Waals surface area contributed by atoms with Crippen molar-refractivity contribution in [2.75, 3.05) is 13.1 Å². The molecule has 3 rings (SSSR count). The zero-order valence-electron chi connectivity index (χ0n) is 11.6. The van der Waals surface area contributed by atoms with Crippen molar-refractivity contribution >= 4 is 39.7 Å². The number of hydrogen-bond acceptors (Lipinski definition) is 4. The number of hydrogen-bond donors (Lipinski definition) is 1. The van der Waals surface area contributed by atoms with Crippen molar-refractivity contribution in [2.45, 2.75) is 32.2 Å². The van der Waals surface area contributed by atoms with Crippen LogP contribution < -0.4 is 5.56 Å². The van der Waals surface area contributed by atoms with Crippen molar-refractivity contribution < 1.29 is 4.79 Å². The van der Waals surface area contributed by atoms with Gasteiger partial charge in [0.25, 0.3) is 5.56 Å². The highest BCUT2D eigenvalue weighted by Crippen LogP contribution is 2.14. The molecule has 7 heteroatoms. The molecule has 0 saturated carbocycles. The molecule has 1 amide bonds. The van der Waals surface area contributed by atoms with Crippen molar-refractivity contribution in [3.63, 3.8) is 0 Å². The van der Waals surface area contributed by atoms with Crippen LogP contribution >= 0.6 is 23.6 Å². The third-order valence-corrected chi connectivity index (χ3v) is 5.07. The third kappa shape index (κ3) is 2.94. The summed E-state index contributed by atoms with van der Waals surface area (Å²) in [6.07, 6.45) is 3.68. The molecule has 112 valence electrons. The molecule has 0 atom stereocenters. The van der Waals surface area contributed by atoms with Gasteiger partial charge in [0.1, 0.15) is 4.70 Å². The Bertz CT molecular complexity index is 768. The lowest BCUT2D eigenvalue weighted by molar-refractivity contribution is -0.132. The smallest absolute Gasteiger partial charge is 0.272 e. The number of fused-ring (bicyclic) bond motifs is 1. The largest absolute Gasteiger partial charge is 0.343 e. The summed E-state index contributed by atoms with van der Waals surface area (Å²) in [5.74, 6) is 0.113. The first-order chi connectivity index (χ1) is 10.2. The third-order valence-electron chi connectivity index (χ3n) is 3.85. The van der Waals surface area contributed by atoms with Crippen molar-refractivity contribution in [2.24, 2.45) is 0 Å². The number of piperidine rings is 1. The first-order valence-corrected chi connectivity index (χ1v) is 8.44. The Hall–Kier alpha value is -1.47. The van der Waals surface area contributed by atoms with Crippen molar-refractivity contribution in [3.05, 3.63) is 26.6 Å². The molecule has 3 heterocycles. The van der Waals surface area contributed by atoms with E-state index in [0.29, 0.717) is 22.4 Å². The van der Waals surface area contributed by atoms with E-state index in [-0.39, 0.29) is 11.5 Å². The number of rotatable bonds is 3. The average Bonchev–Trinajstić information content (AvgIpc) is 2.96. The summed E-state index contributed by atoms with van der Waals surface area (Å²) in [5, 5.41) is 1.86. The maximum absolute atomic E-state index is 12.4. The van der Waals surface area contributed by atoms with Crippen LogP contribution in [0.15, 0.2) is 16.2 Å². The van der Waals surface area contributed by atoms with Crippen LogP contribution in [0, 0.1) is 4.77 Å². The molecule has 0 spiro atoms. The van der Waals surface area contributed by atoms with Crippen molar-refractivity contribution in [1.29, 1.82) is 0 Å². The van der Waals surface area contributed by atoms with Gasteiger partial charge in [-0.15, -0.1) is 11.3 Å². The molecule has 1 N–H and O–H groups in total. The summed E-state index contributed by atoms with van der Waals surface area (Å²) < 4.78 is 2.54. The summed E-state index contributed by atoms with van der Waals surface area (Å²) in [6.45, 7) is 2.02. The minimum absolute atomic E-state index is 0.102. The number of nitrogens with one attached hydrogen (secondary N) is 1. The minimum atomic E-state index is -0.102. The fourth-order valence-electron chi connectivity index (χ4n) is 2.68. The van der Waals surface area contributed by atoms with Gasteiger partial charge in [-0.25, -0.2) is 0 Å². The van der Waals surface area contributed by atoms with Gasteiger partial charge in [0.2, 0.25) is 5.91 Å². The fraction of sp³-hybridized carbons (Fsp3) is 0.500. The van der Waals surface area contributed by atoms with Crippen LogP contribution in [0.25, 0.3) is 10.2 Å². The Morgan fingerprint density at radius 1 is 1.33 bits per heavy atom. The normalized spacial score (nSPS) is 15.5. The molecular weight excluding hydrogens is 306 g/mol. The monoisotopic (exact) mass is 323 g/mol. The van der Waals surface area contributed by atoms with Gasteiger partial charge in [0.05, 0.1) is 5.52 Å². The Morgan fingerprint density at radius 3 is 2.86 bits per heavy atom. The molecular formula is C14H17N3O2S2. The van der Waals surface area contributed by atoms with E-state index in [4.69, 9.17) is 12.2 Å². The predicted molar refractivity (Wildman–Crippen MR) is 86.3 cm³/mol.